The van der Waals surface area contributed by atoms with Gasteiger partial charge in [-0.2, -0.15) is 4.31 Å². The van der Waals surface area contributed by atoms with E-state index in [2.05, 4.69) is 14.9 Å². The number of hydrogen-bond donors (Lipinski definition) is 0. The molecule has 1 saturated heterocycles. The average Bonchev–Trinajstić information content (AvgIpc) is 2.67. The maximum absolute atomic E-state index is 14.0. The van der Waals surface area contributed by atoms with Crippen LogP contribution in [0.1, 0.15) is 11.3 Å². The fourth-order valence-electron chi connectivity index (χ4n) is 3.42. The van der Waals surface area contributed by atoms with E-state index in [0.29, 0.717) is 38.4 Å². The van der Waals surface area contributed by atoms with Crippen molar-refractivity contribution in [2.45, 2.75) is 17.9 Å². The Kier molecular flexibility index (Phi) is 4.79. The molecule has 0 saturated carbocycles. The van der Waals surface area contributed by atoms with Gasteiger partial charge in [-0.15, -0.1) is 0 Å². The van der Waals surface area contributed by atoms with E-state index in [1.54, 1.807) is 0 Å². The molecule has 27 heavy (non-hydrogen) atoms. The summed E-state index contributed by atoms with van der Waals surface area (Å²) in [5.74, 6) is -1.42. The summed E-state index contributed by atoms with van der Waals surface area (Å²) in [7, 11) is -4.31. The summed E-state index contributed by atoms with van der Waals surface area (Å²) in [6, 6.07) is 3.01. The van der Waals surface area contributed by atoms with Crippen LogP contribution >= 0.6 is 0 Å². The maximum Gasteiger partial charge on any atom is 0.249 e. The van der Waals surface area contributed by atoms with Crippen LogP contribution < -0.4 is 4.90 Å². The second kappa shape index (κ2) is 7.10. The molecule has 7 nitrogen and oxygen atoms in total. The summed E-state index contributed by atoms with van der Waals surface area (Å²) in [4.78, 5) is 9.74. The van der Waals surface area contributed by atoms with E-state index in [0.717, 1.165) is 33.9 Å². The third-order valence-electron chi connectivity index (χ3n) is 4.78. The smallest absolute Gasteiger partial charge is 0.249 e. The Morgan fingerprint density at radius 3 is 2.44 bits per heavy atom. The lowest BCUT2D eigenvalue weighted by molar-refractivity contribution is 0.122. The summed E-state index contributed by atoms with van der Waals surface area (Å²) in [6.45, 7) is 2.66. The first-order valence-corrected chi connectivity index (χ1v) is 10.0. The molecule has 2 aliphatic rings. The van der Waals surface area contributed by atoms with Crippen LogP contribution in [0.2, 0.25) is 0 Å². The van der Waals surface area contributed by atoms with Crippen molar-refractivity contribution in [1.82, 2.24) is 14.3 Å². The van der Waals surface area contributed by atoms with Crippen molar-refractivity contribution in [3.05, 3.63) is 47.4 Å². The number of ether oxygens (including phenoxy) is 1. The van der Waals surface area contributed by atoms with E-state index in [1.165, 1.54) is 6.33 Å². The Hall–Kier alpha value is -2.17. The Balaban J connectivity index is 1.66. The molecule has 1 aromatic heterocycles. The molecule has 144 valence electrons. The zero-order valence-corrected chi connectivity index (χ0v) is 15.3. The summed E-state index contributed by atoms with van der Waals surface area (Å²) in [6.07, 6.45) is 1.77. The Labute approximate surface area is 155 Å². The van der Waals surface area contributed by atoms with Crippen molar-refractivity contribution in [2.75, 3.05) is 37.7 Å². The highest BCUT2D eigenvalue weighted by Crippen LogP contribution is 2.30. The Bertz CT molecular complexity index is 944. The second-order valence-corrected chi connectivity index (χ2v) is 8.24. The van der Waals surface area contributed by atoms with Crippen molar-refractivity contribution < 1.29 is 21.9 Å². The number of rotatable bonds is 3. The standard InChI is InChI=1S/C17H18F2N4O3S/c18-13-2-1-3-14(19)16(13)27(24,25)23-5-4-12-15(10-23)20-11-21-17(12)22-6-8-26-9-7-22/h1-3,11H,4-10H2. The lowest BCUT2D eigenvalue weighted by Crippen LogP contribution is -2.41. The van der Waals surface area contributed by atoms with E-state index in [9.17, 15) is 17.2 Å². The fraction of sp³-hybridized carbons (Fsp3) is 0.412. The summed E-state index contributed by atoms with van der Waals surface area (Å²) < 4.78 is 60.0. The molecule has 0 radical (unpaired) electrons. The van der Waals surface area contributed by atoms with Crippen molar-refractivity contribution in [1.29, 1.82) is 0 Å². The van der Waals surface area contributed by atoms with Gasteiger partial charge in [0.2, 0.25) is 10.0 Å². The van der Waals surface area contributed by atoms with Crippen LogP contribution in [0.3, 0.4) is 0 Å². The monoisotopic (exact) mass is 396 g/mol. The van der Waals surface area contributed by atoms with Crippen LogP contribution in [0.5, 0.6) is 0 Å². The number of morpholine rings is 1. The van der Waals surface area contributed by atoms with Gasteiger partial charge in [0.05, 0.1) is 25.5 Å². The molecule has 4 rings (SSSR count). The molecule has 3 heterocycles. The minimum atomic E-state index is -4.31. The van der Waals surface area contributed by atoms with E-state index >= 15 is 0 Å². The largest absolute Gasteiger partial charge is 0.378 e. The van der Waals surface area contributed by atoms with Gasteiger partial charge in [-0.05, 0) is 18.6 Å². The molecule has 10 heteroatoms. The van der Waals surface area contributed by atoms with Crippen LogP contribution in [0.4, 0.5) is 14.6 Å². The van der Waals surface area contributed by atoms with Gasteiger partial charge in [-0.3, -0.25) is 0 Å². The van der Waals surface area contributed by atoms with Gasteiger partial charge in [0.25, 0.3) is 0 Å². The van der Waals surface area contributed by atoms with Crippen LogP contribution in [-0.2, 0) is 27.7 Å². The molecular weight excluding hydrogens is 378 g/mol. The minimum Gasteiger partial charge on any atom is -0.378 e. The minimum absolute atomic E-state index is 0.0503. The summed E-state index contributed by atoms with van der Waals surface area (Å²) in [5.41, 5.74) is 1.43. The predicted molar refractivity (Wildman–Crippen MR) is 92.7 cm³/mol. The molecule has 0 N–H and O–H groups in total. The van der Waals surface area contributed by atoms with Crippen LogP contribution in [-0.4, -0.2) is 55.5 Å². The van der Waals surface area contributed by atoms with E-state index in [4.69, 9.17) is 4.74 Å². The highest BCUT2D eigenvalue weighted by Gasteiger charge is 2.35. The number of sulfonamides is 1. The highest BCUT2D eigenvalue weighted by molar-refractivity contribution is 7.89. The molecule has 1 fully saturated rings. The van der Waals surface area contributed by atoms with Gasteiger partial charge >= 0.3 is 0 Å². The zero-order valence-electron chi connectivity index (χ0n) is 14.4. The van der Waals surface area contributed by atoms with E-state index in [1.807, 2.05) is 0 Å². The van der Waals surface area contributed by atoms with Crippen LogP contribution in [0, 0.1) is 11.6 Å². The van der Waals surface area contributed by atoms with E-state index in [-0.39, 0.29) is 13.1 Å². The van der Waals surface area contributed by atoms with Gasteiger partial charge in [0.15, 0.2) is 4.90 Å². The molecule has 0 spiro atoms. The Morgan fingerprint density at radius 2 is 1.74 bits per heavy atom. The number of halogens is 2. The molecule has 0 aliphatic carbocycles. The first-order chi connectivity index (χ1) is 13.0. The third kappa shape index (κ3) is 3.28. The quantitative estimate of drug-likeness (QED) is 0.780. The number of hydrogen-bond acceptors (Lipinski definition) is 6. The van der Waals surface area contributed by atoms with E-state index < -0.39 is 26.6 Å². The fourth-order valence-corrected chi connectivity index (χ4v) is 4.93. The van der Waals surface area contributed by atoms with Crippen molar-refractivity contribution in [3.63, 3.8) is 0 Å². The molecule has 1 aromatic carbocycles. The lowest BCUT2D eigenvalue weighted by Gasteiger charge is -2.33. The number of fused-ring (bicyclic) bond motifs is 1. The number of benzene rings is 1. The Morgan fingerprint density at radius 1 is 1.04 bits per heavy atom. The maximum atomic E-state index is 14.0. The molecule has 0 bridgehead atoms. The van der Waals surface area contributed by atoms with Gasteiger partial charge in [0.1, 0.15) is 23.8 Å². The first kappa shape index (κ1) is 18.2. The second-order valence-electron chi connectivity index (χ2n) is 6.36. The van der Waals surface area contributed by atoms with Gasteiger partial charge in [-0.25, -0.2) is 27.2 Å². The topological polar surface area (TPSA) is 75.6 Å². The van der Waals surface area contributed by atoms with Gasteiger partial charge in [0, 0.05) is 25.2 Å². The molecule has 2 aromatic rings. The molecule has 2 aliphatic heterocycles. The zero-order chi connectivity index (χ0) is 19.0. The van der Waals surface area contributed by atoms with Gasteiger partial charge < -0.3 is 9.64 Å². The number of aromatic nitrogens is 2. The summed E-state index contributed by atoms with van der Waals surface area (Å²) in [5, 5.41) is 0. The van der Waals surface area contributed by atoms with Crippen molar-refractivity contribution >= 4 is 15.8 Å². The molecule has 0 amide bonds. The lowest BCUT2D eigenvalue weighted by atomic mass is 10.1. The highest BCUT2D eigenvalue weighted by atomic mass is 32.2. The van der Waals surface area contributed by atoms with Crippen LogP contribution in [0.25, 0.3) is 0 Å². The molecule has 0 atom stereocenters. The molecular formula is C17H18F2N4O3S. The van der Waals surface area contributed by atoms with Crippen molar-refractivity contribution in [3.8, 4) is 0 Å². The first-order valence-electron chi connectivity index (χ1n) is 8.58. The average molecular weight is 396 g/mol. The third-order valence-corrected chi connectivity index (χ3v) is 6.67. The number of anilines is 1. The summed E-state index contributed by atoms with van der Waals surface area (Å²) >= 11 is 0. The normalized spacial score (nSPS) is 18.4. The van der Waals surface area contributed by atoms with Gasteiger partial charge in [-0.1, -0.05) is 6.07 Å². The van der Waals surface area contributed by atoms with Crippen LogP contribution in [0.15, 0.2) is 29.4 Å². The SMILES string of the molecule is O=S(=O)(c1c(F)cccc1F)N1CCc2c(ncnc2N2CCOCC2)C1. The number of nitrogens with zero attached hydrogens (tertiary/aromatic N) is 4. The predicted octanol–water partition coefficient (Wildman–Crippen LogP) is 1.34. The van der Waals surface area contributed by atoms with Crippen molar-refractivity contribution in [2.24, 2.45) is 0 Å². The molecule has 0 unspecified atom stereocenters.